The Hall–Kier alpha value is -4.45. The van der Waals surface area contributed by atoms with E-state index >= 15 is 0 Å². The highest BCUT2D eigenvalue weighted by molar-refractivity contribution is 6.11. The average molecular weight is 456 g/mol. The van der Waals surface area contributed by atoms with Gasteiger partial charge >= 0.3 is 5.97 Å². The first kappa shape index (κ1) is 22.7. The second-order valence-electron chi connectivity index (χ2n) is 7.80. The van der Waals surface area contributed by atoms with Crippen molar-refractivity contribution in [1.82, 2.24) is 0 Å². The van der Waals surface area contributed by atoms with Crippen LogP contribution in [0.15, 0.2) is 84.9 Å². The Kier molecular flexibility index (Phi) is 6.41. The molecule has 0 aromatic heterocycles. The average Bonchev–Trinajstić information content (AvgIpc) is 2.85. The zero-order chi connectivity index (χ0) is 24.2. The van der Waals surface area contributed by atoms with Crippen LogP contribution < -0.4 is 4.74 Å². The number of carbonyl (C=O) groups excluding carboxylic acids is 1. The molecule has 0 saturated heterocycles. The zero-order valence-electron chi connectivity index (χ0n) is 18.3. The van der Waals surface area contributed by atoms with Crippen molar-refractivity contribution in [2.24, 2.45) is 0 Å². The first-order valence-corrected chi connectivity index (χ1v) is 10.5. The number of carbonyl (C=O) groups is 2. The fourth-order valence-electron chi connectivity index (χ4n) is 3.61. The van der Waals surface area contributed by atoms with E-state index in [0.29, 0.717) is 11.3 Å². The molecule has 34 heavy (non-hydrogen) atoms. The van der Waals surface area contributed by atoms with E-state index in [2.05, 4.69) is 0 Å². The van der Waals surface area contributed by atoms with Crippen molar-refractivity contribution in [3.05, 3.63) is 119 Å². The van der Waals surface area contributed by atoms with Gasteiger partial charge in [0, 0.05) is 11.1 Å². The predicted molar refractivity (Wildman–Crippen MR) is 126 cm³/mol. The van der Waals surface area contributed by atoms with Crippen LogP contribution in [0.3, 0.4) is 0 Å². The normalized spacial score (nSPS) is 10.6. The number of phenols is 1. The Bertz CT molecular complexity index is 1380. The van der Waals surface area contributed by atoms with Crippen LogP contribution in [-0.2, 0) is 6.61 Å². The summed E-state index contributed by atoms with van der Waals surface area (Å²) in [5.74, 6) is -1.61. The van der Waals surface area contributed by atoms with Gasteiger partial charge in [-0.3, -0.25) is 4.79 Å². The van der Waals surface area contributed by atoms with Crippen LogP contribution >= 0.6 is 0 Å². The third-order valence-electron chi connectivity index (χ3n) is 5.50. The monoisotopic (exact) mass is 456 g/mol. The summed E-state index contributed by atoms with van der Waals surface area (Å²) in [7, 11) is 0. The highest BCUT2D eigenvalue weighted by Gasteiger charge is 2.18. The van der Waals surface area contributed by atoms with E-state index in [-0.39, 0.29) is 29.0 Å². The Morgan fingerprint density at radius 2 is 1.53 bits per heavy atom. The second-order valence-corrected chi connectivity index (χ2v) is 7.80. The summed E-state index contributed by atoms with van der Waals surface area (Å²) in [6.45, 7) is 1.86. The van der Waals surface area contributed by atoms with Crippen LogP contribution in [0, 0.1) is 12.7 Å². The van der Waals surface area contributed by atoms with Gasteiger partial charge in [-0.05, 0) is 78.2 Å². The lowest BCUT2D eigenvalue weighted by Crippen LogP contribution is -2.04. The number of halogens is 1. The quantitative estimate of drug-likeness (QED) is 0.333. The first-order chi connectivity index (χ1) is 16.3. The van der Waals surface area contributed by atoms with E-state index in [1.54, 1.807) is 31.2 Å². The number of ether oxygens (including phenoxy) is 1. The summed E-state index contributed by atoms with van der Waals surface area (Å²) in [4.78, 5) is 24.0. The van der Waals surface area contributed by atoms with Crippen molar-refractivity contribution in [2.45, 2.75) is 13.5 Å². The van der Waals surface area contributed by atoms with Crippen LogP contribution in [0.5, 0.6) is 11.5 Å². The van der Waals surface area contributed by atoms with Crippen molar-refractivity contribution in [1.29, 1.82) is 0 Å². The number of hydrogen-bond donors (Lipinski definition) is 2. The highest BCUT2D eigenvalue weighted by atomic mass is 19.1. The summed E-state index contributed by atoms with van der Waals surface area (Å²) in [6.07, 6.45) is 0. The van der Waals surface area contributed by atoms with Crippen LogP contribution in [0.4, 0.5) is 4.39 Å². The molecular formula is C28H21FO5. The van der Waals surface area contributed by atoms with E-state index in [0.717, 1.165) is 16.7 Å². The van der Waals surface area contributed by atoms with Gasteiger partial charge in [0.15, 0.2) is 5.78 Å². The molecule has 0 spiro atoms. The van der Waals surface area contributed by atoms with Gasteiger partial charge in [0.25, 0.3) is 0 Å². The summed E-state index contributed by atoms with van der Waals surface area (Å²) in [6, 6.07) is 22.5. The van der Waals surface area contributed by atoms with Crippen LogP contribution in [0.25, 0.3) is 11.1 Å². The number of ketones is 1. The summed E-state index contributed by atoms with van der Waals surface area (Å²) < 4.78 is 19.0. The van der Waals surface area contributed by atoms with Gasteiger partial charge < -0.3 is 14.9 Å². The third kappa shape index (κ3) is 4.81. The molecular weight excluding hydrogens is 435 g/mol. The molecule has 4 rings (SSSR count). The Morgan fingerprint density at radius 1 is 0.853 bits per heavy atom. The minimum absolute atomic E-state index is 0.108. The topological polar surface area (TPSA) is 83.8 Å². The van der Waals surface area contributed by atoms with Gasteiger partial charge in [-0.25, -0.2) is 9.18 Å². The number of carboxylic acid groups (broad SMARTS) is 1. The Labute approximate surface area is 195 Å². The van der Waals surface area contributed by atoms with E-state index in [4.69, 9.17) is 4.74 Å². The summed E-state index contributed by atoms with van der Waals surface area (Å²) in [5, 5.41) is 19.8. The SMILES string of the molecule is Cc1c(OCc2cccc(-c3cccc(C(=O)O)c3)c2)ccc(C(=O)c2ccc(F)cc2)c1O. The number of phenolic OH excluding ortho intramolecular Hbond substituents is 1. The van der Waals surface area contributed by atoms with Gasteiger partial charge in [-0.15, -0.1) is 0 Å². The van der Waals surface area contributed by atoms with Gasteiger partial charge in [0.2, 0.25) is 0 Å². The molecule has 0 fully saturated rings. The van der Waals surface area contributed by atoms with Crippen molar-refractivity contribution in [3.8, 4) is 22.6 Å². The molecule has 5 nitrogen and oxygen atoms in total. The van der Waals surface area contributed by atoms with Crippen molar-refractivity contribution < 1.29 is 28.9 Å². The van der Waals surface area contributed by atoms with Crippen LogP contribution in [-0.4, -0.2) is 22.0 Å². The molecule has 6 heteroatoms. The molecule has 0 heterocycles. The maximum absolute atomic E-state index is 13.1. The van der Waals surface area contributed by atoms with Crippen molar-refractivity contribution >= 4 is 11.8 Å². The number of carboxylic acids is 1. The lowest BCUT2D eigenvalue weighted by Gasteiger charge is -2.14. The molecule has 0 bridgehead atoms. The minimum Gasteiger partial charge on any atom is -0.507 e. The number of aromatic hydroxyl groups is 1. The summed E-state index contributed by atoms with van der Waals surface area (Å²) >= 11 is 0. The Balaban J connectivity index is 1.52. The molecule has 0 atom stereocenters. The number of aromatic carboxylic acids is 1. The van der Waals surface area contributed by atoms with E-state index in [1.165, 1.54) is 30.3 Å². The molecule has 0 radical (unpaired) electrons. The van der Waals surface area contributed by atoms with Crippen LogP contribution in [0.2, 0.25) is 0 Å². The smallest absolute Gasteiger partial charge is 0.335 e. The maximum Gasteiger partial charge on any atom is 0.335 e. The first-order valence-electron chi connectivity index (χ1n) is 10.5. The largest absolute Gasteiger partial charge is 0.507 e. The number of hydrogen-bond acceptors (Lipinski definition) is 4. The highest BCUT2D eigenvalue weighted by Crippen LogP contribution is 2.32. The van der Waals surface area contributed by atoms with Gasteiger partial charge in [0.05, 0.1) is 11.1 Å². The zero-order valence-corrected chi connectivity index (χ0v) is 18.3. The lowest BCUT2D eigenvalue weighted by molar-refractivity contribution is 0.0696. The second kappa shape index (κ2) is 9.58. The molecule has 0 aliphatic carbocycles. The standard InChI is InChI=1S/C28H21FO5/c1-17-25(13-12-24(26(17)30)27(31)19-8-10-23(29)11-9-19)34-16-18-4-2-5-20(14-18)21-6-3-7-22(15-21)28(32)33/h2-15,30H,16H2,1H3,(H,32,33). The molecule has 0 aliphatic rings. The molecule has 0 aliphatic heterocycles. The molecule has 0 saturated carbocycles. The van der Waals surface area contributed by atoms with E-state index in [9.17, 15) is 24.2 Å². The van der Waals surface area contributed by atoms with Gasteiger partial charge in [0.1, 0.15) is 23.9 Å². The van der Waals surface area contributed by atoms with Gasteiger partial charge in [-0.2, -0.15) is 0 Å². The number of benzene rings is 4. The lowest BCUT2D eigenvalue weighted by atomic mass is 9.99. The third-order valence-corrected chi connectivity index (χ3v) is 5.50. The molecule has 170 valence electrons. The fourth-order valence-corrected chi connectivity index (χ4v) is 3.61. The minimum atomic E-state index is -0.988. The van der Waals surface area contributed by atoms with E-state index < -0.39 is 17.6 Å². The number of rotatable bonds is 7. The summed E-state index contributed by atoms with van der Waals surface area (Å²) in [5.41, 5.74) is 3.48. The molecule has 4 aromatic rings. The van der Waals surface area contributed by atoms with E-state index in [1.807, 2.05) is 30.3 Å². The molecule has 0 amide bonds. The Morgan fingerprint density at radius 3 is 2.24 bits per heavy atom. The predicted octanol–water partition coefficient (Wildman–Crippen LogP) is 6.01. The van der Waals surface area contributed by atoms with Gasteiger partial charge in [-0.1, -0.05) is 30.3 Å². The maximum atomic E-state index is 13.1. The van der Waals surface area contributed by atoms with Crippen molar-refractivity contribution in [3.63, 3.8) is 0 Å². The fraction of sp³-hybridized carbons (Fsp3) is 0.0714. The van der Waals surface area contributed by atoms with Crippen LogP contribution in [0.1, 0.15) is 37.4 Å². The van der Waals surface area contributed by atoms with Crippen molar-refractivity contribution in [2.75, 3.05) is 0 Å². The molecule has 4 aromatic carbocycles. The molecule has 0 unspecified atom stereocenters. The molecule has 2 N–H and O–H groups in total.